The Morgan fingerprint density at radius 2 is 0.828 bits per heavy atom. The van der Waals surface area contributed by atoms with Crippen molar-refractivity contribution in [1.29, 1.82) is 0 Å². The summed E-state index contributed by atoms with van der Waals surface area (Å²) < 4.78 is 0. The van der Waals surface area contributed by atoms with Gasteiger partial charge in [0.1, 0.15) is 0 Å². The zero-order valence-electron chi connectivity index (χ0n) is 32.8. The molecule has 0 heterocycles. The molecule has 4 bridgehead atoms. The molecule has 280 valence electrons. The summed E-state index contributed by atoms with van der Waals surface area (Å²) >= 11 is 0. The standard InChI is InChI=1S/C57H47N/c1-4-14-41(15-5-1)43-24-27-49(28-25-43)58(50-29-26-42-16-10-11-17-44(42)37-50)51-30-31-54-55(38-51)57(47-33-39-32-40(35-47)36-48(57)34-39)53-23-13-12-22-52(53)56(54,45-18-6-2-7-19-45)46-20-8-3-9-21-46/h1-31,37-40,47-48H,32-36H2. The molecule has 4 saturated carbocycles. The van der Waals surface area contributed by atoms with E-state index in [-0.39, 0.29) is 5.41 Å². The SMILES string of the molecule is c1ccc(-c2ccc(N(c3ccc4c(c3)C3(c5ccccc5C4(c4ccccc4)c4ccccc4)C4CC5CC(C4)CC3C5)c3ccc4ccccc4c3)cc2)cc1. The summed E-state index contributed by atoms with van der Waals surface area (Å²) in [6, 6.07) is 75.9. The van der Waals surface area contributed by atoms with Crippen molar-refractivity contribution in [3.05, 3.63) is 234 Å². The zero-order chi connectivity index (χ0) is 38.3. The molecular formula is C57H47N. The topological polar surface area (TPSA) is 3.24 Å². The second-order valence-corrected chi connectivity index (χ2v) is 17.7. The third kappa shape index (κ3) is 4.89. The molecule has 8 aromatic rings. The van der Waals surface area contributed by atoms with E-state index in [4.69, 9.17) is 0 Å². The first kappa shape index (κ1) is 33.9. The van der Waals surface area contributed by atoms with Crippen LogP contribution < -0.4 is 4.90 Å². The fourth-order valence-corrected chi connectivity index (χ4v) is 13.0. The molecule has 58 heavy (non-hydrogen) atoms. The van der Waals surface area contributed by atoms with Crippen LogP contribution in [0.2, 0.25) is 0 Å². The van der Waals surface area contributed by atoms with Crippen LogP contribution in [0, 0.1) is 23.7 Å². The maximum Gasteiger partial charge on any atom is 0.0707 e. The summed E-state index contributed by atoms with van der Waals surface area (Å²) in [7, 11) is 0. The van der Waals surface area contributed by atoms with E-state index in [1.165, 1.54) is 93.3 Å². The number of anilines is 3. The normalized spacial score (nSPS) is 23.4. The predicted molar refractivity (Wildman–Crippen MR) is 240 cm³/mol. The minimum Gasteiger partial charge on any atom is -0.310 e. The van der Waals surface area contributed by atoms with Crippen LogP contribution in [-0.4, -0.2) is 0 Å². The van der Waals surface area contributed by atoms with E-state index < -0.39 is 5.41 Å². The Bertz CT molecular complexity index is 2720. The molecular weight excluding hydrogens is 699 g/mol. The number of fused-ring (bicyclic) bond motifs is 3. The van der Waals surface area contributed by atoms with Crippen LogP contribution in [-0.2, 0) is 10.8 Å². The Morgan fingerprint density at radius 1 is 0.345 bits per heavy atom. The lowest BCUT2D eigenvalue weighted by Crippen LogP contribution is -2.59. The molecule has 5 aliphatic rings. The van der Waals surface area contributed by atoms with Crippen molar-refractivity contribution >= 4 is 27.8 Å². The minimum atomic E-state index is -0.460. The molecule has 0 atom stereocenters. The van der Waals surface area contributed by atoms with Gasteiger partial charge in [0.15, 0.2) is 0 Å². The molecule has 0 aromatic heterocycles. The van der Waals surface area contributed by atoms with Crippen LogP contribution in [0.25, 0.3) is 21.9 Å². The van der Waals surface area contributed by atoms with Crippen molar-refractivity contribution in [2.24, 2.45) is 23.7 Å². The van der Waals surface area contributed by atoms with Gasteiger partial charge < -0.3 is 4.90 Å². The average molecular weight is 746 g/mol. The Balaban J connectivity index is 1.15. The minimum absolute atomic E-state index is 0.0470. The molecule has 0 radical (unpaired) electrons. The summed E-state index contributed by atoms with van der Waals surface area (Å²) in [4.78, 5) is 2.53. The quantitative estimate of drug-likeness (QED) is 0.164. The third-order valence-corrected chi connectivity index (χ3v) is 15.0. The van der Waals surface area contributed by atoms with Gasteiger partial charge in [-0.3, -0.25) is 0 Å². The second kappa shape index (κ2) is 13.2. The largest absolute Gasteiger partial charge is 0.310 e. The highest BCUT2D eigenvalue weighted by molar-refractivity contribution is 5.90. The van der Waals surface area contributed by atoms with Gasteiger partial charge >= 0.3 is 0 Å². The van der Waals surface area contributed by atoms with E-state index in [1.807, 2.05) is 0 Å². The van der Waals surface area contributed by atoms with Gasteiger partial charge in [0.05, 0.1) is 5.41 Å². The Labute approximate surface area is 342 Å². The molecule has 5 aliphatic carbocycles. The molecule has 0 saturated heterocycles. The molecule has 1 heteroatoms. The highest BCUT2D eigenvalue weighted by Crippen LogP contribution is 2.70. The van der Waals surface area contributed by atoms with Crippen molar-refractivity contribution in [1.82, 2.24) is 0 Å². The third-order valence-electron chi connectivity index (χ3n) is 15.0. The van der Waals surface area contributed by atoms with Crippen LogP contribution in [0.5, 0.6) is 0 Å². The number of rotatable bonds is 6. The fourth-order valence-electron chi connectivity index (χ4n) is 13.0. The molecule has 0 N–H and O–H groups in total. The van der Waals surface area contributed by atoms with Crippen LogP contribution in [0.1, 0.15) is 65.5 Å². The van der Waals surface area contributed by atoms with E-state index >= 15 is 0 Å². The molecule has 0 unspecified atom stereocenters. The summed E-state index contributed by atoms with van der Waals surface area (Å²) in [5.41, 5.74) is 14.3. The molecule has 4 fully saturated rings. The molecule has 1 nitrogen and oxygen atoms in total. The number of hydrogen-bond donors (Lipinski definition) is 0. The maximum atomic E-state index is 2.68. The van der Waals surface area contributed by atoms with Crippen LogP contribution in [0.4, 0.5) is 17.1 Å². The average Bonchev–Trinajstić information content (AvgIpc) is 3.29. The van der Waals surface area contributed by atoms with Gasteiger partial charge in [-0.1, -0.05) is 164 Å². The van der Waals surface area contributed by atoms with E-state index in [0.717, 1.165) is 11.8 Å². The van der Waals surface area contributed by atoms with Crippen molar-refractivity contribution in [3.8, 4) is 11.1 Å². The van der Waals surface area contributed by atoms with Gasteiger partial charge in [-0.05, 0) is 147 Å². The van der Waals surface area contributed by atoms with Gasteiger partial charge in [0, 0.05) is 22.5 Å². The summed E-state index contributed by atoms with van der Waals surface area (Å²) in [5.74, 6) is 2.98. The second-order valence-electron chi connectivity index (χ2n) is 17.7. The van der Waals surface area contributed by atoms with Crippen molar-refractivity contribution in [2.45, 2.75) is 42.9 Å². The highest BCUT2D eigenvalue weighted by atomic mass is 15.1. The van der Waals surface area contributed by atoms with E-state index in [1.54, 1.807) is 11.1 Å². The lowest BCUT2D eigenvalue weighted by molar-refractivity contribution is -0.0440. The van der Waals surface area contributed by atoms with E-state index in [9.17, 15) is 0 Å². The fraction of sp³-hybridized carbons (Fsp3) is 0.193. The van der Waals surface area contributed by atoms with Gasteiger partial charge in [0.25, 0.3) is 0 Å². The number of benzene rings is 8. The van der Waals surface area contributed by atoms with Crippen LogP contribution >= 0.6 is 0 Å². The molecule has 13 rings (SSSR count). The zero-order valence-corrected chi connectivity index (χ0v) is 32.8. The highest BCUT2D eigenvalue weighted by Gasteiger charge is 2.63. The molecule has 1 spiro atoms. The molecule has 0 aliphatic heterocycles. The van der Waals surface area contributed by atoms with Gasteiger partial charge in [-0.25, -0.2) is 0 Å². The first-order valence-corrected chi connectivity index (χ1v) is 21.5. The Morgan fingerprint density at radius 3 is 1.48 bits per heavy atom. The first-order chi connectivity index (χ1) is 28.7. The predicted octanol–water partition coefficient (Wildman–Crippen LogP) is 14.4. The Hall–Kier alpha value is -6.18. The van der Waals surface area contributed by atoms with Gasteiger partial charge in [-0.15, -0.1) is 0 Å². The lowest BCUT2D eigenvalue weighted by atomic mass is 9.38. The monoisotopic (exact) mass is 745 g/mol. The van der Waals surface area contributed by atoms with Crippen LogP contribution in [0.15, 0.2) is 200 Å². The Kier molecular flexibility index (Phi) is 7.71. The van der Waals surface area contributed by atoms with Crippen molar-refractivity contribution in [3.63, 3.8) is 0 Å². The first-order valence-electron chi connectivity index (χ1n) is 21.5. The smallest absolute Gasteiger partial charge is 0.0707 e. The summed E-state index contributed by atoms with van der Waals surface area (Å²) in [6.45, 7) is 0. The lowest BCUT2D eigenvalue weighted by Gasteiger charge is -2.65. The van der Waals surface area contributed by atoms with Gasteiger partial charge in [0.2, 0.25) is 0 Å². The van der Waals surface area contributed by atoms with Crippen LogP contribution in [0.3, 0.4) is 0 Å². The van der Waals surface area contributed by atoms with Crippen molar-refractivity contribution in [2.75, 3.05) is 4.90 Å². The number of nitrogens with zero attached hydrogens (tertiary/aromatic N) is 1. The van der Waals surface area contributed by atoms with E-state index in [0.29, 0.717) is 11.8 Å². The van der Waals surface area contributed by atoms with Crippen molar-refractivity contribution < 1.29 is 0 Å². The number of hydrogen-bond acceptors (Lipinski definition) is 1. The maximum absolute atomic E-state index is 2.68. The molecule has 8 aromatic carbocycles. The summed E-state index contributed by atoms with van der Waals surface area (Å²) in [6.07, 6.45) is 6.78. The summed E-state index contributed by atoms with van der Waals surface area (Å²) in [5, 5.41) is 2.51. The molecule has 0 amide bonds. The van der Waals surface area contributed by atoms with Gasteiger partial charge in [-0.2, -0.15) is 0 Å². The van der Waals surface area contributed by atoms with E-state index in [2.05, 4.69) is 205 Å².